The van der Waals surface area contributed by atoms with E-state index < -0.39 is 0 Å². The van der Waals surface area contributed by atoms with Gasteiger partial charge in [-0.05, 0) is 0 Å². The monoisotopic (exact) mass is 407 g/mol. The van der Waals surface area contributed by atoms with Crippen LogP contribution >= 0.6 is 0 Å². The van der Waals surface area contributed by atoms with E-state index in [4.69, 9.17) is 7.42 Å². The Morgan fingerprint density at radius 3 is 2.27 bits per heavy atom. The molecule has 3 nitrogen and oxygen atoms in total. The molecule has 1 unspecified atom stereocenters. The Kier molecular flexibility index (Phi) is 6.67. The first-order chi connectivity index (χ1) is 6.86. The van der Waals surface area contributed by atoms with Crippen molar-refractivity contribution in [3.05, 3.63) is 11.8 Å². The molecule has 15 heavy (non-hydrogen) atoms. The molecule has 0 N–H and O–H groups in total. The minimum absolute atomic E-state index is 0.0730. The molecule has 0 bridgehead atoms. The first-order valence-corrected chi connectivity index (χ1v) is 6.57. The molecule has 0 rings (SSSR count). The van der Waals surface area contributed by atoms with Gasteiger partial charge in [0.1, 0.15) is 0 Å². The van der Waals surface area contributed by atoms with E-state index >= 15 is 0 Å². The second-order valence-electron chi connectivity index (χ2n) is 4.40. The number of hydrogen-bond acceptors (Lipinski definition) is 3. The Labute approximate surface area is 109 Å². The quantitative estimate of drug-likeness (QED) is 0.398. The Hall–Kier alpha value is 0.0921. The number of allylic oxidation sites excluding steroid dienone is 1. The van der Waals surface area contributed by atoms with Crippen molar-refractivity contribution >= 4 is 32.0 Å². The zero-order chi connectivity index (χ0) is 12.1. The third kappa shape index (κ3) is 5.10. The summed E-state index contributed by atoms with van der Waals surface area (Å²) < 4.78 is 10.6. The molecule has 0 aliphatic carbocycles. The topological polar surface area (TPSA) is 35.5 Å². The summed E-state index contributed by atoms with van der Waals surface area (Å²) in [5, 5.41) is 0. The minimum atomic E-state index is -0.364. The normalized spacial score (nSPS) is 14.9. The molecular weight excluding hydrogens is 387 g/mol. The fourth-order valence-corrected chi connectivity index (χ4v) is 1.76. The van der Waals surface area contributed by atoms with Crippen LogP contribution < -0.4 is 0 Å². The number of ether oxygens (including phenoxy) is 1. The molecule has 0 aliphatic heterocycles. The zero-order valence-corrected chi connectivity index (χ0v) is 14.0. The van der Waals surface area contributed by atoms with Crippen molar-refractivity contribution in [3.63, 3.8) is 0 Å². The predicted molar refractivity (Wildman–Crippen MR) is 60.5 cm³/mol. The first kappa shape index (κ1) is 15.1. The van der Waals surface area contributed by atoms with Crippen molar-refractivity contribution in [2.75, 3.05) is 7.11 Å². The molecule has 4 heteroatoms. The summed E-state index contributed by atoms with van der Waals surface area (Å²) in [6, 6.07) is 0. The summed E-state index contributed by atoms with van der Waals surface area (Å²) in [7, 11) is 1.63. The summed E-state index contributed by atoms with van der Waals surface area (Å²) in [6.07, 6.45) is 2.28. The van der Waals surface area contributed by atoms with E-state index in [-0.39, 0.29) is 17.3 Å². The van der Waals surface area contributed by atoms with E-state index in [9.17, 15) is 4.79 Å². The third-order valence-electron chi connectivity index (χ3n) is 2.10. The van der Waals surface area contributed by atoms with Crippen molar-refractivity contribution in [2.24, 2.45) is 5.41 Å². The predicted octanol–water partition coefficient (Wildman–Crippen LogP) is 2.01. The number of carbonyl (C=O) groups excluding carboxylic acids is 1. The fourth-order valence-electron chi connectivity index (χ4n) is 1.02. The van der Waals surface area contributed by atoms with Crippen LogP contribution in [-0.2, 0) is 12.2 Å². The molecule has 0 aromatic carbocycles. The number of rotatable bonds is 5. The van der Waals surface area contributed by atoms with Gasteiger partial charge in [-0.15, -0.1) is 0 Å². The van der Waals surface area contributed by atoms with E-state index in [1.807, 2.05) is 27.7 Å². The average molecular weight is 406 g/mol. The third-order valence-corrected chi connectivity index (χ3v) is 3.02. The van der Waals surface area contributed by atoms with Gasteiger partial charge in [0.25, 0.3) is 0 Å². The van der Waals surface area contributed by atoms with E-state index in [2.05, 4.69) is 0 Å². The van der Waals surface area contributed by atoms with Gasteiger partial charge >= 0.3 is 109 Å². The Morgan fingerprint density at radius 1 is 1.47 bits per heavy atom. The van der Waals surface area contributed by atoms with Gasteiger partial charge < -0.3 is 0 Å². The van der Waals surface area contributed by atoms with Crippen LogP contribution in [0.1, 0.15) is 34.1 Å². The molecule has 1 atom stereocenters. The molecule has 0 aromatic rings. The van der Waals surface area contributed by atoms with Gasteiger partial charge in [0, 0.05) is 0 Å². The van der Waals surface area contributed by atoms with E-state index in [0.29, 0.717) is 32.0 Å². The van der Waals surface area contributed by atoms with Crippen molar-refractivity contribution in [2.45, 2.75) is 40.2 Å². The van der Waals surface area contributed by atoms with Crippen LogP contribution in [-0.4, -0.2) is 45.2 Å². The van der Waals surface area contributed by atoms with E-state index in [1.54, 1.807) is 13.2 Å². The van der Waals surface area contributed by atoms with Crippen LogP contribution in [0, 0.1) is 5.41 Å². The summed E-state index contributed by atoms with van der Waals surface area (Å²) >= 11 is 0.571. The fraction of sp³-hybridized carbons (Fsp3) is 0.727. The van der Waals surface area contributed by atoms with Crippen molar-refractivity contribution in [3.8, 4) is 0 Å². The average Bonchev–Trinajstić information content (AvgIpc) is 2.16. The molecular formula is C11H19O3Pb. The molecule has 3 radical (unpaired) electrons. The molecule has 0 aromatic heterocycles. The molecule has 85 valence electrons. The second kappa shape index (κ2) is 6.63. The molecule has 0 spiro atoms. The summed E-state index contributed by atoms with van der Waals surface area (Å²) in [5.74, 6) is 0.732. The number of carbonyl (C=O) groups is 1. The molecule has 0 amide bonds. The standard InChI is InChI=1S/C11H20O3.Pb/c1-6-9(14-5)8(12)7-10(13)11(2,3)4;/h7,9,12H,6H2,1-5H3;/q;+1/p-1. The first-order valence-electron chi connectivity index (χ1n) is 4.99. The van der Waals surface area contributed by atoms with Gasteiger partial charge in [-0.3, -0.25) is 0 Å². The zero-order valence-electron chi connectivity index (χ0n) is 10.1. The van der Waals surface area contributed by atoms with Crippen molar-refractivity contribution in [1.29, 1.82) is 0 Å². The van der Waals surface area contributed by atoms with Crippen LogP contribution in [0.4, 0.5) is 0 Å². The SMILES string of the molecule is CCC(OC)C(=CC(=O)C(C)(C)C)[O][Pb]. The van der Waals surface area contributed by atoms with Crippen LogP contribution in [0.3, 0.4) is 0 Å². The van der Waals surface area contributed by atoms with Crippen LogP contribution in [0.5, 0.6) is 0 Å². The molecule has 0 heterocycles. The maximum absolute atomic E-state index is 11.8. The molecule has 0 saturated heterocycles. The molecule has 0 aliphatic rings. The van der Waals surface area contributed by atoms with Gasteiger partial charge in [-0.2, -0.15) is 0 Å². The number of ketones is 1. The van der Waals surface area contributed by atoms with Crippen molar-refractivity contribution in [1.82, 2.24) is 0 Å². The Balaban J connectivity index is 4.80. The van der Waals surface area contributed by atoms with Gasteiger partial charge in [0.05, 0.1) is 0 Å². The van der Waals surface area contributed by atoms with Gasteiger partial charge in [-0.1, -0.05) is 0 Å². The Bertz CT molecular complexity index is 237. The van der Waals surface area contributed by atoms with Gasteiger partial charge in [0.2, 0.25) is 0 Å². The molecule has 0 saturated carbocycles. The second-order valence-corrected chi connectivity index (χ2v) is 5.19. The number of methoxy groups -OCH3 is 1. The van der Waals surface area contributed by atoms with Crippen LogP contribution in [0.15, 0.2) is 11.8 Å². The van der Waals surface area contributed by atoms with Crippen LogP contribution in [0.2, 0.25) is 0 Å². The van der Waals surface area contributed by atoms with Crippen molar-refractivity contribution < 1.29 is 12.2 Å². The summed E-state index contributed by atoms with van der Waals surface area (Å²) in [4.78, 5) is 11.8. The van der Waals surface area contributed by atoms with Gasteiger partial charge in [-0.25, -0.2) is 0 Å². The van der Waals surface area contributed by atoms with E-state index in [0.717, 1.165) is 6.42 Å². The van der Waals surface area contributed by atoms with Crippen LogP contribution in [0.25, 0.3) is 0 Å². The molecule has 0 fully saturated rings. The Morgan fingerprint density at radius 2 is 2.00 bits per heavy atom. The maximum atomic E-state index is 11.8. The summed E-state index contributed by atoms with van der Waals surface area (Å²) in [5.41, 5.74) is -0.364. The summed E-state index contributed by atoms with van der Waals surface area (Å²) in [6.45, 7) is 7.68. The van der Waals surface area contributed by atoms with Gasteiger partial charge in [0.15, 0.2) is 0 Å². The van der Waals surface area contributed by atoms with E-state index in [1.165, 1.54) is 0 Å². The number of hydrogen-bond donors (Lipinski definition) is 0.